The summed E-state index contributed by atoms with van der Waals surface area (Å²) in [5, 5.41) is 5.15. The number of carbonyl (C=O) groups excluding carboxylic acids is 5. The van der Waals surface area contributed by atoms with Crippen LogP contribution in [0.2, 0.25) is 0 Å². The molecule has 12 heteroatoms. The van der Waals surface area contributed by atoms with E-state index in [1.54, 1.807) is 20.8 Å². The second-order valence-corrected chi connectivity index (χ2v) is 14.1. The molecule has 4 amide bonds. The zero-order chi connectivity index (χ0) is 30.2. The van der Waals surface area contributed by atoms with Gasteiger partial charge in [0.1, 0.15) is 18.1 Å². The number of amides is 4. The Labute approximate surface area is 233 Å². The van der Waals surface area contributed by atoms with Gasteiger partial charge in [-0.2, -0.15) is 0 Å². The van der Waals surface area contributed by atoms with Crippen LogP contribution in [0.4, 0.5) is 8.78 Å². The quantitative estimate of drug-likeness (QED) is 0.306. The van der Waals surface area contributed by atoms with Crippen LogP contribution in [0.25, 0.3) is 0 Å². The molecule has 0 radical (unpaired) electrons. The molecule has 1 aliphatic heterocycles. The third-order valence-electron chi connectivity index (χ3n) is 10.8. The van der Waals surface area contributed by atoms with Gasteiger partial charge in [0.25, 0.3) is 5.91 Å². The summed E-state index contributed by atoms with van der Waals surface area (Å²) in [5.41, 5.74) is 8.71. The van der Waals surface area contributed by atoms with Crippen LogP contribution in [-0.2, 0) is 24.0 Å². The van der Waals surface area contributed by atoms with E-state index in [-0.39, 0.29) is 23.3 Å². The topological polar surface area (TPSA) is 165 Å². The number of alkyl halides is 2. The van der Waals surface area contributed by atoms with Crippen LogP contribution in [0.3, 0.4) is 0 Å². The Bertz CT molecular complexity index is 1130. The smallest absolute Gasteiger partial charge is 0.287 e. The Morgan fingerprint density at radius 2 is 1.60 bits per heavy atom. The number of hydrogen-bond acceptors (Lipinski definition) is 6. The molecule has 4 aliphatic rings. The number of fused-ring (bicyclic) bond motifs is 1. The molecule has 1 saturated heterocycles. The van der Waals surface area contributed by atoms with Crippen molar-refractivity contribution in [1.82, 2.24) is 15.5 Å². The van der Waals surface area contributed by atoms with Crippen molar-refractivity contribution < 1.29 is 32.8 Å². The Hall–Kier alpha value is -2.63. The predicted octanol–water partition coefficient (Wildman–Crippen LogP) is 1.25. The van der Waals surface area contributed by atoms with Crippen molar-refractivity contribution in [2.45, 2.75) is 110 Å². The van der Waals surface area contributed by atoms with Gasteiger partial charge in [0.2, 0.25) is 29.9 Å². The van der Waals surface area contributed by atoms with Crippen LogP contribution in [0.15, 0.2) is 0 Å². The molecule has 0 bridgehead atoms. The van der Waals surface area contributed by atoms with E-state index in [0.717, 1.165) is 19.3 Å². The normalized spacial score (nSPS) is 30.4. The van der Waals surface area contributed by atoms with E-state index in [2.05, 4.69) is 24.5 Å². The zero-order valence-electron chi connectivity index (χ0n) is 24.2. The van der Waals surface area contributed by atoms with Crippen LogP contribution in [-0.4, -0.2) is 70.9 Å². The molecule has 4 rings (SSSR count). The molecule has 4 fully saturated rings. The summed E-state index contributed by atoms with van der Waals surface area (Å²) < 4.78 is 26.6. The Balaban J connectivity index is 1.70. The average Bonchev–Trinajstić information content (AvgIpc) is 3.60. The zero-order valence-corrected chi connectivity index (χ0v) is 24.2. The Morgan fingerprint density at radius 1 is 1.02 bits per heavy atom. The summed E-state index contributed by atoms with van der Waals surface area (Å²) in [6.45, 7) is 11.8. The summed E-state index contributed by atoms with van der Waals surface area (Å²) in [4.78, 5) is 66.4. The lowest BCUT2D eigenvalue weighted by Gasteiger charge is -2.36. The van der Waals surface area contributed by atoms with Crippen LogP contribution in [0.5, 0.6) is 0 Å². The number of nitrogens with zero attached hydrogens (tertiary/aromatic N) is 1. The molecule has 5 atom stereocenters. The van der Waals surface area contributed by atoms with E-state index in [1.165, 1.54) is 4.90 Å². The van der Waals surface area contributed by atoms with Crippen LogP contribution in [0.1, 0.15) is 80.1 Å². The first-order chi connectivity index (χ1) is 18.3. The molecule has 10 nitrogen and oxygen atoms in total. The molecule has 224 valence electrons. The highest BCUT2D eigenvalue weighted by Crippen LogP contribution is 2.89. The lowest BCUT2D eigenvalue weighted by molar-refractivity contribution is -0.146. The summed E-state index contributed by atoms with van der Waals surface area (Å²) in [7, 11) is 0. The van der Waals surface area contributed by atoms with Crippen molar-refractivity contribution in [2.24, 2.45) is 39.0 Å². The lowest BCUT2D eigenvalue weighted by Crippen LogP contribution is -2.61. The van der Waals surface area contributed by atoms with Gasteiger partial charge in [0.15, 0.2) is 0 Å². The molecule has 40 heavy (non-hydrogen) atoms. The monoisotopic (exact) mass is 567 g/mol. The largest absolute Gasteiger partial charge is 0.363 e. The first kappa shape index (κ1) is 30.3. The van der Waals surface area contributed by atoms with Gasteiger partial charge in [0.05, 0.1) is 5.54 Å². The predicted molar refractivity (Wildman–Crippen MR) is 141 cm³/mol. The Morgan fingerprint density at radius 3 is 2.00 bits per heavy atom. The molecule has 3 saturated carbocycles. The van der Waals surface area contributed by atoms with Gasteiger partial charge < -0.3 is 27.0 Å². The Kier molecular flexibility index (Phi) is 7.17. The van der Waals surface area contributed by atoms with Crippen LogP contribution in [0, 0.1) is 27.6 Å². The highest BCUT2D eigenvalue weighted by atomic mass is 19.3. The molecule has 3 aliphatic carbocycles. The lowest BCUT2D eigenvalue weighted by atomic mass is 9.71. The minimum atomic E-state index is -2.98. The third kappa shape index (κ3) is 4.32. The number of nitrogens with two attached hydrogens (primary N) is 2. The molecule has 0 aromatic rings. The average molecular weight is 568 g/mol. The minimum absolute atomic E-state index is 0.0752. The molecular formula is C28H43F2N5O5. The van der Waals surface area contributed by atoms with E-state index in [1.807, 2.05) is 6.92 Å². The second kappa shape index (κ2) is 9.46. The SMILES string of the molecule is C[C@@H]1[C@@H](C(=O)NC(CC(F)F)C(=O)C(N)=O)N(C(=O)[C@@H](NC(=O)C2(N)CC2)C(C)(C)C)C[C@@]12C(C)(C)C21CCC1. The van der Waals surface area contributed by atoms with Crippen molar-refractivity contribution in [3.05, 3.63) is 0 Å². The van der Waals surface area contributed by atoms with Gasteiger partial charge in [-0.3, -0.25) is 24.0 Å². The number of likely N-dealkylation sites (tertiary alicyclic amines) is 1. The highest BCUT2D eigenvalue weighted by molar-refractivity contribution is 6.37. The van der Waals surface area contributed by atoms with Crippen molar-refractivity contribution in [3.8, 4) is 0 Å². The number of ketones is 1. The molecule has 0 aromatic carbocycles. The van der Waals surface area contributed by atoms with Crippen molar-refractivity contribution in [3.63, 3.8) is 0 Å². The summed E-state index contributed by atoms with van der Waals surface area (Å²) in [6.07, 6.45) is -0.114. The maximum absolute atomic E-state index is 14.3. The number of Topliss-reactive ketones (excluding diaryl/α,β-unsaturated/α-hetero) is 1. The summed E-state index contributed by atoms with van der Waals surface area (Å²) >= 11 is 0. The summed E-state index contributed by atoms with van der Waals surface area (Å²) in [6, 6.07) is -3.94. The molecular weight excluding hydrogens is 524 g/mol. The number of carbonyl (C=O) groups is 5. The third-order valence-corrected chi connectivity index (χ3v) is 10.8. The van der Waals surface area contributed by atoms with E-state index < -0.39 is 76.8 Å². The number of rotatable bonds is 9. The van der Waals surface area contributed by atoms with E-state index in [4.69, 9.17) is 11.5 Å². The van der Waals surface area contributed by atoms with Crippen molar-refractivity contribution in [1.29, 1.82) is 0 Å². The minimum Gasteiger partial charge on any atom is -0.363 e. The van der Waals surface area contributed by atoms with Crippen LogP contribution < -0.4 is 22.1 Å². The van der Waals surface area contributed by atoms with Gasteiger partial charge in [-0.05, 0) is 47.8 Å². The maximum atomic E-state index is 14.3. The standard InChI is InChI=1S/C28H43F2N5O5/c1-14-17(21(38)33-15(12-16(29)30)18(36)20(31)37)35(13-28(14)25(5,6)27(28)8-7-9-27)22(39)19(24(2,3)4)34-23(40)26(32)10-11-26/h14-17,19H,7-13,32H2,1-6H3,(H2,31,37)(H,33,38)(H,34,40)/t14-,15?,17+,19-,28+/m1/s1. The number of nitrogens with one attached hydrogen (secondary N) is 2. The van der Waals surface area contributed by atoms with Gasteiger partial charge >= 0.3 is 0 Å². The fourth-order valence-corrected chi connectivity index (χ4v) is 8.07. The highest BCUT2D eigenvalue weighted by Gasteiger charge is 2.87. The first-order valence-corrected chi connectivity index (χ1v) is 14.1. The molecule has 1 heterocycles. The van der Waals surface area contributed by atoms with E-state index in [0.29, 0.717) is 12.8 Å². The number of hydrogen-bond donors (Lipinski definition) is 4. The van der Waals surface area contributed by atoms with Crippen molar-refractivity contribution >= 4 is 29.4 Å². The van der Waals surface area contributed by atoms with Gasteiger partial charge in [-0.25, -0.2) is 8.78 Å². The number of primary amides is 1. The van der Waals surface area contributed by atoms with Crippen LogP contribution >= 0.6 is 0 Å². The molecule has 2 spiro atoms. The maximum Gasteiger partial charge on any atom is 0.287 e. The fourth-order valence-electron chi connectivity index (χ4n) is 8.07. The first-order valence-electron chi connectivity index (χ1n) is 14.1. The fraction of sp³-hybridized carbons (Fsp3) is 0.821. The molecule has 6 N–H and O–H groups in total. The van der Waals surface area contributed by atoms with E-state index >= 15 is 0 Å². The van der Waals surface area contributed by atoms with Gasteiger partial charge in [0, 0.05) is 18.4 Å². The molecule has 0 aromatic heterocycles. The van der Waals surface area contributed by atoms with Crippen molar-refractivity contribution in [2.75, 3.05) is 6.54 Å². The van der Waals surface area contributed by atoms with Gasteiger partial charge in [-0.1, -0.05) is 48.0 Å². The van der Waals surface area contributed by atoms with E-state index in [9.17, 15) is 32.8 Å². The summed E-state index contributed by atoms with van der Waals surface area (Å²) in [5.74, 6) is -4.85. The van der Waals surface area contributed by atoms with Gasteiger partial charge in [-0.15, -0.1) is 0 Å². The number of halogens is 2. The second-order valence-electron chi connectivity index (χ2n) is 14.1. The molecule has 1 unspecified atom stereocenters.